The molecule has 1 heteroatoms. The molecule has 2 atom stereocenters. The maximum atomic E-state index is 11.0. The van der Waals surface area contributed by atoms with Crippen LogP contribution in [0.25, 0.3) is 0 Å². The van der Waals surface area contributed by atoms with Gasteiger partial charge in [0, 0.05) is 29.6 Å². The Bertz CT molecular complexity index is 1240. The van der Waals surface area contributed by atoms with Gasteiger partial charge in [-0.25, -0.2) is 0 Å². The number of hydrogen-bond acceptors (Lipinski definition) is 1. The molecule has 0 aromatic heterocycles. The van der Waals surface area contributed by atoms with Crippen molar-refractivity contribution in [1.29, 1.82) is 0 Å². The van der Waals surface area contributed by atoms with Crippen molar-refractivity contribution in [3.05, 3.63) is 0 Å². The predicted molar refractivity (Wildman–Crippen MR) is 129 cm³/mol. The summed E-state index contributed by atoms with van der Waals surface area (Å²) in [5.41, 5.74) is 0. The van der Waals surface area contributed by atoms with Gasteiger partial charge in [-0.15, -0.1) is 12.8 Å². The normalized spacial score (nSPS) is 13.1. The molecule has 1 aliphatic rings. The smallest absolute Gasteiger partial charge is 0.133 e. The highest BCUT2D eigenvalue weighted by Crippen LogP contribution is 2.29. The minimum Gasteiger partial charge on any atom is -0.300 e. The van der Waals surface area contributed by atoms with Crippen LogP contribution in [0.5, 0.6) is 0 Å². The van der Waals surface area contributed by atoms with Crippen molar-refractivity contribution in [2.75, 3.05) is 0 Å². The van der Waals surface area contributed by atoms with Crippen molar-refractivity contribution in [2.24, 2.45) is 11.8 Å². The third-order valence-corrected chi connectivity index (χ3v) is 3.84. The SMILES string of the molecule is C#CC#CC#CC#CC#CC#CC#CC#CC#CC#CC#C.CC(=O)C1CCCCC1C. The van der Waals surface area contributed by atoms with Gasteiger partial charge in [-0.3, -0.25) is 4.79 Å². The fourth-order valence-corrected chi connectivity index (χ4v) is 2.49. The molecule has 1 rings (SSSR count). The van der Waals surface area contributed by atoms with Crippen LogP contribution in [0.4, 0.5) is 0 Å². The molecule has 0 aliphatic heterocycles. The van der Waals surface area contributed by atoms with Gasteiger partial charge in [0.2, 0.25) is 0 Å². The highest BCUT2D eigenvalue weighted by Gasteiger charge is 2.24. The third kappa shape index (κ3) is 17.0. The summed E-state index contributed by atoms with van der Waals surface area (Å²) in [7, 11) is 0. The molecule has 2 unspecified atom stereocenters. The summed E-state index contributed by atoms with van der Waals surface area (Å²) in [6, 6.07) is 0. The highest BCUT2D eigenvalue weighted by atomic mass is 16.1. The first-order valence-corrected chi connectivity index (χ1v) is 9.55. The number of rotatable bonds is 1. The van der Waals surface area contributed by atoms with Crippen molar-refractivity contribution in [3.63, 3.8) is 0 Å². The van der Waals surface area contributed by atoms with Crippen LogP contribution in [0.1, 0.15) is 39.5 Å². The van der Waals surface area contributed by atoms with Crippen LogP contribution in [-0.4, -0.2) is 5.78 Å². The number of hydrogen-bond donors (Lipinski definition) is 0. The average molecular weight is 406 g/mol. The van der Waals surface area contributed by atoms with Gasteiger partial charge in [-0.05, 0) is 114 Å². The quantitative estimate of drug-likeness (QED) is 0.612. The second-order valence-electron chi connectivity index (χ2n) is 6.02. The van der Waals surface area contributed by atoms with Crippen LogP contribution in [0, 0.1) is 143 Å². The lowest BCUT2D eigenvalue weighted by atomic mass is 9.78. The van der Waals surface area contributed by atoms with Crippen molar-refractivity contribution in [2.45, 2.75) is 39.5 Å². The first kappa shape index (κ1) is 26.8. The maximum Gasteiger partial charge on any atom is 0.133 e. The lowest BCUT2D eigenvalue weighted by Crippen LogP contribution is -2.22. The topological polar surface area (TPSA) is 17.1 Å². The lowest BCUT2D eigenvalue weighted by molar-refractivity contribution is -0.123. The molecule has 0 bridgehead atoms. The van der Waals surface area contributed by atoms with E-state index in [-0.39, 0.29) is 0 Å². The Balaban J connectivity index is 0.000000792. The molecular formula is C31H18O. The Kier molecular flexibility index (Phi) is 17.2. The number of carbonyl (C=O) groups is 1. The van der Waals surface area contributed by atoms with Crippen LogP contribution in [0.3, 0.4) is 0 Å². The molecule has 0 radical (unpaired) electrons. The molecule has 0 N–H and O–H groups in total. The summed E-state index contributed by atoms with van der Waals surface area (Å²) >= 11 is 0. The first-order valence-electron chi connectivity index (χ1n) is 9.55. The zero-order valence-corrected chi connectivity index (χ0v) is 18.0. The van der Waals surface area contributed by atoms with Crippen LogP contribution < -0.4 is 0 Å². The fourth-order valence-electron chi connectivity index (χ4n) is 2.49. The summed E-state index contributed by atoms with van der Waals surface area (Å²) < 4.78 is 0. The largest absolute Gasteiger partial charge is 0.300 e. The van der Waals surface area contributed by atoms with Gasteiger partial charge in [0.25, 0.3) is 0 Å². The number of Topliss-reactive ketones (excluding diaryl/α,β-unsaturated/α-hetero) is 1. The molecule has 32 heavy (non-hydrogen) atoms. The van der Waals surface area contributed by atoms with E-state index >= 15 is 0 Å². The van der Waals surface area contributed by atoms with E-state index in [0.29, 0.717) is 17.6 Å². The summed E-state index contributed by atoms with van der Waals surface area (Å²) in [5, 5.41) is 0. The molecule has 0 amide bonds. The van der Waals surface area contributed by atoms with Crippen molar-refractivity contribution in [1.82, 2.24) is 0 Å². The van der Waals surface area contributed by atoms with Gasteiger partial charge in [0.15, 0.2) is 0 Å². The molecule has 0 heterocycles. The first-order chi connectivity index (χ1) is 15.6. The minimum atomic E-state index is 0.383. The predicted octanol–water partition coefficient (Wildman–Crippen LogP) is 2.69. The van der Waals surface area contributed by atoms with Gasteiger partial charge in [-0.2, -0.15) is 0 Å². The summed E-state index contributed by atoms with van der Waals surface area (Å²) in [4.78, 5) is 11.0. The average Bonchev–Trinajstić information content (AvgIpc) is 2.79. The van der Waals surface area contributed by atoms with Crippen LogP contribution >= 0.6 is 0 Å². The molecule has 0 spiro atoms. The van der Waals surface area contributed by atoms with Gasteiger partial charge < -0.3 is 0 Å². The Labute approximate surface area is 193 Å². The van der Waals surface area contributed by atoms with Crippen molar-refractivity contribution < 1.29 is 4.79 Å². The lowest BCUT2D eigenvalue weighted by Gasteiger charge is -2.26. The molecule has 1 aliphatic carbocycles. The van der Waals surface area contributed by atoms with E-state index in [2.05, 4.69) is 125 Å². The zero-order valence-electron chi connectivity index (χ0n) is 18.0. The van der Waals surface area contributed by atoms with Gasteiger partial charge in [-0.1, -0.05) is 26.2 Å². The molecule has 1 nitrogen and oxygen atoms in total. The van der Waals surface area contributed by atoms with E-state index in [0.717, 1.165) is 6.42 Å². The number of terminal acetylenes is 2. The molecule has 0 aromatic carbocycles. The number of carbonyl (C=O) groups excluding carboxylic acids is 1. The highest BCUT2D eigenvalue weighted by molar-refractivity contribution is 5.78. The molecule has 1 saturated carbocycles. The van der Waals surface area contributed by atoms with Gasteiger partial charge >= 0.3 is 0 Å². The van der Waals surface area contributed by atoms with E-state index < -0.39 is 0 Å². The maximum absolute atomic E-state index is 11.0. The van der Waals surface area contributed by atoms with Crippen molar-refractivity contribution in [3.8, 4) is 131 Å². The fraction of sp³-hybridized carbons (Fsp3) is 0.258. The van der Waals surface area contributed by atoms with E-state index in [1.54, 1.807) is 6.92 Å². The molecular weight excluding hydrogens is 388 g/mol. The molecule has 0 saturated heterocycles. The Morgan fingerprint density at radius 1 is 0.562 bits per heavy atom. The zero-order chi connectivity index (χ0) is 23.7. The monoisotopic (exact) mass is 406 g/mol. The minimum absolute atomic E-state index is 0.383. The molecule has 148 valence electrons. The van der Waals surface area contributed by atoms with Gasteiger partial charge in [0.1, 0.15) is 5.78 Å². The summed E-state index contributed by atoms with van der Waals surface area (Å²) in [6.45, 7) is 3.93. The summed E-state index contributed by atoms with van der Waals surface area (Å²) in [6.07, 6.45) is 14.8. The second-order valence-corrected chi connectivity index (χ2v) is 6.02. The van der Waals surface area contributed by atoms with Crippen LogP contribution in [0.15, 0.2) is 0 Å². The van der Waals surface area contributed by atoms with Gasteiger partial charge in [0.05, 0.1) is 0 Å². The van der Waals surface area contributed by atoms with E-state index in [4.69, 9.17) is 12.8 Å². The Morgan fingerprint density at radius 2 is 0.844 bits per heavy atom. The molecule has 1 fully saturated rings. The van der Waals surface area contributed by atoms with Crippen molar-refractivity contribution >= 4 is 5.78 Å². The third-order valence-electron chi connectivity index (χ3n) is 3.84. The second kappa shape index (κ2) is 20.6. The Hall–Kier alpha value is -5.17. The standard InChI is InChI=1S/C22H2.C9H16O/c1-3-5-7-9-11-13-15-17-19-21-22-20-18-16-14-12-10-8-6-4-2;1-7-5-3-4-6-9(7)8(2)10/h1-2H;7,9H,3-6H2,1-2H3. The number of ketones is 1. The van der Waals surface area contributed by atoms with Crippen LogP contribution in [0.2, 0.25) is 0 Å². The van der Waals surface area contributed by atoms with E-state index in [1.807, 2.05) is 0 Å². The molecule has 0 aromatic rings. The van der Waals surface area contributed by atoms with E-state index in [1.165, 1.54) is 19.3 Å². The van der Waals surface area contributed by atoms with Crippen LogP contribution in [-0.2, 0) is 4.79 Å². The Morgan fingerprint density at radius 3 is 1.06 bits per heavy atom. The van der Waals surface area contributed by atoms with E-state index in [9.17, 15) is 4.79 Å². The summed E-state index contributed by atoms with van der Waals surface area (Å²) in [5.74, 6) is 49.6.